The molecule has 0 aromatic heterocycles. The summed E-state index contributed by atoms with van der Waals surface area (Å²) in [6.45, 7) is 2.55. The van der Waals surface area contributed by atoms with Crippen LogP contribution in [0.4, 0.5) is 5.69 Å². The van der Waals surface area contributed by atoms with Crippen LogP contribution >= 0.6 is 0 Å². The molecule has 3 nitrogen and oxygen atoms in total. The van der Waals surface area contributed by atoms with Crippen LogP contribution in [0, 0.1) is 11.8 Å². The van der Waals surface area contributed by atoms with E-state index in [1.165, 1.54) is 0 Å². The number of nitrogens with one attached hydrogen (secondary N) is 1. The average Bonchev–Trinajstić information content (AvgIpc) is 2.69. The van der Waals surface area contributed by atoms with Gasteiger partial charge in [0, 0.05) is 22.4 Å². The third kappa shape index (κ3) is 4.75. The van der Waals surface area contributed by atoms with Crippen molar-refractivity contribution < 1.29 is 9.53 Å². The quantitative estimate of drug-likeness (QED) is 0.696. The Labute approximate surface area is 153 Å². The third-order valence-corrected chi connectivity index (χ3v) is 3.70. The van der Waals surface area contributed by atoms with Gasteiger partial charge in [0.15, 0.2) is 0 Å². The number of hydrogen-bond donors (Lipinski definition) is 1. The van der Waals surface area contributed by atoms with Gasteiger partial charge in [-0.25, -0.2) is 0 Å². The molecule has 3 heteroatoms. The van der Waals surface area contributed by atoms with Crippen LogP contribution in [0.15, 0.2) is 78.9 Å². The Bertz CT molecular complexity index is 918. The smallest absolute Gasteiger partial charge is 0.255 e. The lowest BCUT2D eigenvalue weighted by Crippen LogP contribution is -2.11. The molecule has 3 aromatic rings. The van der Waals surface area contributed by atoms with Crippen LogP contribution in [0.5, 0.6) is 5.75 Å². The number of anilines is 1. The van der Waals surface area contributed by atoms with Crippen LogP contribution < -0.4 is 10.1 Å². The molecule has 0 unspecified atom stereocenters. The van der Waals surface area contributed by atoms with E-state index in [0.717, 1.165) is 22.6 Å². The molecule has 0 aliphatic heterocycles. The van der Waals surface area contributed by atoms with E-state index in [-0.39, 0.29) is 5.91 Å². The Hall–Kier alpha value is -3.51. The van der Waals surface area contributed by atoms with E-state index in [0.29, 0.717) is 12.2 Å². The maximum absolute atomic E-state index is 12.3. The van der Waals surface area contributed by atoms with E-state index in [2.05, 4.69) is 17.2 Å². The summed E-state index contributed by atoms with van der Waals surface area (Å²) in [5, 5.41) is 2.87. The molecule has 0 aliphatic rings. The van der Waals surface area contributed by atoms with Crippen molar-refractivity contribution in [3.8, 4) is 17.6 Å². The summed E-state index contributed by atoms with van der Waals surface area (Å²) in [7, 11) is 0. The molecule has 0 spiro atoms. The van der Waals surface area contributed by atoms with E-state index >= 15 is 0 Å². The molecule has 0 saturated heterocycles. The first-order chi connectivity index (χ1) is 12.7. The highest BCUT2D eigenvalue weighted by atomic mass is 16.5. The van der Waals surface area contributed by atoms with Gasteiger partial charge in [-0.1, -0.05) is 30.0 Å². The summed E-state index contributed by atoms with van der Waals surface area (Å²) in [6.07, 6.45) is 0. The van der Waals surface area contributed by atoms with Crippen molar-refractivity contribution in [3.05, 3.63) is 95.6 Å². The second-order valence-electron chi connectivity index (χ2n) is 5.60. The number of carbonyl (C=O) groups is 1. The van der Waals surface area contributed by atoms with Crippen LogP contribution in [-0.4, -0.2) is 12.5 Å². The summed E-state index contributed by atoms with van der Waals surface area (Å²) < 4.78 is 5.39. The zero-order valence-corrected chi connectivity index (χ0v) is 14.5. The van der Waals surface area contributed by atoms with Crippen molar-refractivity contribution in [1.82, 2.24) is 0 Å². The Morgan fingerprint density at radius 3 is 2.08 bits per heavy atom. The summed E-state index contributed by atoms with van der Waals surface area (Å²) in [5.41, 5.74) is 3.15. The van der Waals surface area contributed by atoms with E-state index < -0.39 is 0 Å². The second kappa shape index (κ2) is 8.55. The van der Waals surface area contributed by atoms with Crippen LogP contribution in [0.1, 0.15) is 28.4 Å². The van der Waals surface area contributed by atoms with E-state index in [4.69, 9.17) is 4.74 Å². The van der Waals surface area contributed by atoms with E-state index in [1.54, 1.807) is 12.1 Å². The van der Waals surface area contributed by atoms with Gasteiger partial charge in [-0.05, 0) is 67.6 Å². The monoisotopic (exact) mass is 341 g/mol. The standard InChI is InChI=1S/C23H19NO2/c1-2-26-22-16-14-21(15-17-22)24-23(25)20-12-10-19(11-13-20)9-8-18-6-4-3-5-7-18/h3-7,10-17H,2H2,1H3,(H,24,25). The SMILES string of the molecule is CCOc1ccc(NC(=O)c2ccc(C#Cc3ccccc3)cc2)cc1. The van der Waals surface area contributed by atoms with E-state index in [9.17, 15) is 4.79 Å². The van der Waals surface area contributed by atoms with Crippen LogP contribution in [0.2, 0.25) is 0 Å². The predicted molar refractivity (Wildman–Crippen MR) is 104 cm³/mol. The Kier molecular flexibility index (Phi) is 5.69. The molecule has 0 bridgehead atoms. The first-order valence-corrected chi connectivity index (χ1v) is 8.46. The summed E-state index contributed by atoms with van der Waals surface area (Å²) >= 11 is 0. The maximum atomic E-state index is 12.3. The number of carbonyl (C=O) groups excluding carboxylic acids is 1. The molecule has 0 radical (unpaired) electrons. The summed E-state index contributed by atoms with van der Waals surface area (Å²) in [4.78, 5) is 12.3. The average molecular weight is 341 g/mol. The van der Waals surface area contributed by atoms with Crippen molar-refractivity contribution in [2.24, 2.45) is 0 Å². The number of amides is 1. The fraction of sp³-hybridized carbons (Fsp3) is 0.0870. The van der Waals surface area contributed by atoms with Crippen molar-refractivity contribution in [1.29, 1.82) is 0 Å². The minimum Gasteiger partial charge on any atom is -0.494 e. The van der Waals surface area contributed by atoms with Gasteiger partial charge in [-0.3, -0.25) is 4.79 Å². The first-order valence-electron chi connectivity index (χ1n) is 8.46. The molecule has 1 amide bonds. The van der Waals surface area contributed by atoms with Gasteiger partial charge in [-0.2, -0.15) is 0 Å². The zero-order valence-electron chi connectivity index (χ0n) is 14.5. The van der Waals surface area contributed by atoms with Crippen LogP contribution in [0.3, 0.4) is 0 Å². The second-order valence-corrected chi connectivity index (χ2v) is 5.60. The van der Waals surface area contributed by atoms with Gasteiger partial charge < -0.3 is 10.1 Å². The van der Waals surface area contributed by atoms with Crippen molar-refractivity contribution in [2.75, 3.05) is 11.9 Å². The topological polar surface area (TPSA) is 38.3 Å². The molecule has 1 N–H and O–H groups in total. The molecule has 3 rings (SSSR count). The Morgan fingerprint density at radius 2 is 1.46 bits per heavy atom. The van der Waals surface area contributed by atoms with Crippen LogP contribution in [-0.2, 0) is 0 Å². The first kappa shape index (κ1) is 17.3. The summed E-state index contributed by atoms with van der Waals surface area (Å²) in [6, 6.07) is 24.4. The van der Waals surface area contributed by atoms with E-state index in [1.807, 2.05) is 73.7 Å². The minimum absolute atomic E-state index is 0.156. The highest BCUT2D eigenvalue weighted by molar-refractivity contribution is 6.04. The number of rotatable bonds is 4. The molecule has 0 saturated carbocycles. The molecule has 0 atom stereocenters. The van der Waals surface area contributed by atoms with Gasteiger partial charge in [0.1, 0.15) is 5.75 Å². The third-order valence-electron chi connectivity index (χ3n) is 3.70. The predicted octanol–water partition coefficient (Wildman–Crippen LogP) is 4.74. The molecule has 0 aliphatic carbocycles. The minimum atomic E-state index is -0.156. The summed E-state index contributed by atoms with van der Waals surface area (Å²) in [5.74, 6) is 6.83. The van der Waals surface area contributed by atoms with Gasteiger partial charge in [-0.15, -0.1) is 0 Å². The zero-order chi connectivity index (χ0) is 18.2. The van der Waals surface area contributed by atoms with Gasteiger partial charge in [0.2, 0.25) is 0 Å². The normalized spacial score (nSPS) is 9.73. The molecule has 0 heterocycles. The highest BCUT2D eigenvalue weighted by Crippen LogP contribution is 2.16. The lowest BCUT2D eigenvalue weighted by molar-refractivity contribution is 0.102. The van der Waals surface area contributed by atoms with Gasteiger partial charge >= 0.3 is 0 Å². The fourth-order valence-corrected chi connectivity index (χ4v) is 2.38. The highest BCUT2D eigenvalue weighted by Gasteiger charge is 2.06. The molecule has 128 valence electrons. The lowest BCUT2D eigenvalue weighted by Gasteiger charge is -2.07. The van der Waals surface area contributed by atoms with Gasteiger partial charge in [0.05, 0.1) is 6.61 Å². The lowest BCUT2D eigenvalue weighted by atomic mass is 10.1. The number of ether oxygens (including phenoxy) is 1. The van der Waals surface area contributed by atoms with Crippen molar-refractivity contribution in [3.63, 3.8) is 0 Å². The molecule has 0 fully saturated rings. The van der Waals surface area contributed by atoms with Crippen LogP contribution in [0.25, 0.3) is 0 Å². The maximum Gasteiger partial charge on any atom is 0.255 e. The van der Waals surface area contributed by atoms with Crippen molar-refractivity contribution >= 4 is 11.6 Å². The van der Waals surface area contributed by atoms with Gasteiger partial charge in [0.25, 0.3) is 5.91 Å². The number of hydrogen-bond acceptors (Lipinski definition) is 2. The molecule has 3 aromatic carbocycles. The number of benzene rings is 3. The largest absolute Gasteiger partial charge is 0.494 e. The molecule has 26 heavy (non-hydrogen) atoms. The van der Waals surface area contributed by atoms with Crippen molar-refractivity contribution in [2.45, 2.75) is 6.92 Å². The molecular weight excluding hydrogens is 322 g/mol. The molecular formula is C23H19NO2. The fourth-order valence-electron chi connectivity index (χ4n) is 2.38. The Morgan fingerprint density at radius 1 is 0.846 bits per heavy atom. The Balaban J connectivity index is 1.64.